The number of carbonyl (C=O) groups is 2. The van der Waals surface area contributed by atoms with Crippen LogP contribution in [0.5, 0.6) is 0 Å². The van der Waals surface area contributed by atoms with E-state index < -0.39 is 0 Å². The second-order valence-electron chi connectivity index (χ2n) is 6.69. The van der Waals surface area contributed by atoms with Crippen molar-refractivity contribution in [3.05, 3.63) is 70.5 Å². The normalized spacial score (nSPS) is 14.3. The van der Waals surface area contributed by atoms with Gasteiger partial charge >= 0.3 is 0 Å². The minimum atomic E-state index is -0.284. The molecule has 0 radical (unpaired) electrons. The number of nitrogens with zero attached hydrogens (tertiary/aromatic N) is 2. The Labute approximate surface area is 163 Å². The first-order valence-corrected chi connectivity index (χ1v) is 9.43. The first kappa shape index (κ1) is 19.4. The van der Waals surface area contributed by atoms with Crippen LogP contribution in [0.1, 0.15) is 17.5 Å². The lowest BCUT2D eigenvalue weighted by atomic mass is 10.1. The van der Waals surface area contributed by atoms with Gasteiger partial charge in [-0.05, 0) is 41.8 Å². The molecule has 4 nitrogen and oxygen atoms in total. The molecule has 1 heterocycles. The standard InChI is InChI=1S/C21H22ClFN2O2/c22-18-7-4-17(5-8-18)15-21(27)25-12-10-24(11-13-25)20(26)9-6-16-2-1-3-19(23)14-16/h1-5,7-8,14H,6,9-13,15H2. The Morgan fingerprint density at radius 3 is 2.15 bits per heavy atom. The van der Waals surface area contributed by atoms with Crippen LogP contribution >= 0.6 is 11.6 Å². The quantitative estimate of drug-likeness (QED) is 0.788. The largest absolute Gasteiger partial charge is 0.339 e. The van der Waals surface area contributed by atoms with Gasteiger partial charge in [0.15, 0.2) is 0 Å². The number of piperazine rings is 1. The highest BCUT2D eigenvalue weighted by atomic mass is 35.5. The molecule has 0 unspecified atom stereocenters. The van der Waals surface area contributed by atoms with Gasteiger partial charge in [-0.1, -0.05) is 35.9 Å². The van der Waals surface area contributed by atoms with Gasteiger partial charge in [0.1, 0.15) is 5.82 Å². The van der Waals surface area contributed by atoms with Crippen LogP contribution in [-0.4, -0.2) is 47.8 Å². The average Bonchev–Trinajstić information content (AvgIpc) is 2.68. The van der Waals surface area contributed by atoms with Crippen LogP contribution in [-0.2, 0) is 22.4 Å². The third-order valence-corrected chi connectivity index (χ3v) is 5.02. The molecule has 27 heavy (non-hydrogen) atoms. The van der Waals surface area contributed by atoms with Crippen LogP contribution in [0, 0.1) is 5.82 Å². The van der Waals surface area contributed by atoms with Crippen LogP contribution < -0.4 is 0 Å². The molecule has 2 aromatic carbocycles. The van der Waals surface area contributed by atoms with Crippen LogP contribution in [0.2, 0.25) is 5.02 Å². The van der Waals surface area contributed by atoms with Crippen molar-refractivity contribution in [2.24, 2.45) is 0 Å². The molecule has 1 saturated heterocycles. The Hall–Kier alpha value is -2.40. The van der Waals surface area contributed by atoms with Gasteiger partial charge < -0.3 is 9.80 Å². The number of benzene rings is 2. The number of amides is 2. The maximum absolute atomic E-state index is 13.2. The van der Waals surface area contributed by atoms with Crippen LogP contribution in [0.4, 0.5) is 4.39 Å². The number of rotatable bonds is 5. The second kappa shape index (κ2) is 9.00. The van der Waals surface area contributed by atoms with Crippen molar-refractivity contribution in [2.75, 3.05) is 26.2 Å². The lowest BCUT2D eigenvalue weighted by Gasteiger charge is -2.35. The summed E-state index contributed by atoms with van der Waals surface area (Å²) >= 11 is 5.86. The highest BCUT2D eigenvalue weighted by Crippen LogP contribution is 2.13. The summed E-state index contributed by atoms with van der Waals surface area (Å²) in [5.41, 5.74) is 1.75. The molecule has 1 aliphatic heterocycles. The van der Waals surface area contributed by atoms with Crippen molar-refractivity contribution >= 4 is 23.4 Å². The van der Waals surface area contributed by atoms with Crippen molar-refractivity contribution in [1.29, 1.82) is 0 Å². The number of aryl methyl sites for hydroxylation is 1. The third-order valence-electron chi connectivity index (χ3n) is 4.77. The molecule has 0 aliphatic carbocycles. The first-order chi connectivity index (χ1) is 13.0. The zero-order valence-corrected chi connectivity index (χ0v) is 15.8. The van der Waals surface area contributed by atoms with E-state index in [0.29, 0.717) is 50.5 Å². The highest BCUT2D eigenvalue weighted by Gasteiger charge is 2.23. The van der Waals surface area contributed by atoms with Crippen LogP contribution in [0.15, 0.2) is 48.5 Å². The fourth-order valence-electron chi connectivity index (χ4n) is 3.20. The predicted octanol–water partition coefficient (Wildman–Crippen LogP) is 3.33. The molecule has 3 rings (SSSR count). The van der Waals surface area contributed by atoms with E-state index in [4.69, 9.17) is 11.6 Å². The molecule has 0 spiro atoms. The Morgan fingerprint density at radius 1 is 0.889 bits per heavy atom. The second-order valence-corrected chi connectivity index (χ2v) is 7.13. The number of hydrogen-bond donors (Lipinski definition) is 0. The molecule has 1 aliphatic rings. The van der Waals surface area contributed by atoms with Gasteiger partial charge in [0.05, 0.1) is 6.42 Å². The van der Waals surface area contributed by atoms with E-state index in [-0.39, 0.29) is 17.6 Å². The molecule has 0 N–H and O–H groups in total. The van der Waals surface area contributed by atoms with Crippen LogP contribution in [0.25, 0.3) is 0 Å². The van der Waals surface area contributed by atoms with E-state index in [1.54, 1.807) is 28.0 Å². The fraction of sp³-hybridized carbons (Fsp3) is 0.333. The van der Waals surface area contributed by atoms with Gasteiger partial charge in [-0.3, -0.25) is 9.59 Å². The number of carbonyl (C=O) groups excluding carboxylic acids is 2. The van der Waals surface area contributed by atoms with E-state index in [1.807, 2.05) is 18.2 Å². The maximum Gasteiger partial charge on any atom is 0.227 e. The Balaban J connectivity index is 1.44. The first-order valence-electron chi connectivity index (χ1n) is 9.06. The minimum absolute atomic E-state index is 0.0454. The summed E-state index contributed by atoms with van der Waals surface area (Å²) < 4.78 is 13.2. The summed E-state index contributed by atoms with van der Waals surface area (Å²) in [6.45, 7) is 2.15. The summed E-state index contributed by atoms with van der Waals surface area (Å²) in [6.07, 6.45) is 1.21. The Bertz CT molecular complexity index is 802. The molecule has 1 fully saturated rings. The molecule has 6 heteroatoms. The molecule has 0 aromatic heterocycles. The summed E-state index contributed by atoms with van der Waals surface area (Å²) in [6, 6.07) is 13.6. The van der Waals surface area contributed by atoms with Crippen LogP contribution in [0.3, 0.4) is 0 Å². The summed E-state index contributed by atoms with van der Waals surface area (Å²) in [4.78, 5) is 28.4. The third kappa shape index (κ3) is 5.54. The smallest absolute Gasteiger partial charge is 0.227 e. The zero-order chi connectivity index (χ0) is 19.2. The van der Waals surface area contributed by atoms with Crippen molar-refractivity contribution in [3.63, 3.8) is 0 Å². The highest BCUT2D eigenvalue weighted by molar-refractivity contribution is 6.30. The minimum Gasteiger partial charge on any atom is -0.339 e. The molecular weight excluding hydrogens is 367 g/mol. The molecule has 0 atom stereocenters. The summed E-state index contributed by atoms with van der Waals surface area (Å²) in [7, 11) is 0. The summed E-state index contributed by atoms with van der Waals surface area (Å²) in [5, 5.41) is 0.650. The lowest BCUT2D eigenvalue weighted by molar-refractivity contribution is -0.139. The van der Waals surface area contributed by atoms with E-state index in [2.05, 4.69) is 0 Å². The Morgan fingerprint density at radius 2 is 1.52 bits per heavy atom. The van der Waals surface area contributed by atoms with E-state index in [9.17, 15) is 14.0 Å². The summed E-state index contributed by atoms with van der Waals surface area (Å²) in [5.74, 6) is -0.180. The van der Waals surface area contributed by atoms with Gasteiger partial charge in [-0.25, -0.2) is 4.39 Å². The van der Waals surface area contributed by atoms with E-state index in [1.165, 1.54) is 12.1 Å². The van der Waals surface area contributed by atoms with Gasteiger partial charge in [0.25, 0.3) is 0 Å². The van der Waals surface area contributed by atoms with Crippen molar-refractivity contribution in [3.8, 4) is 0 Å². The van der Waals surface area contributed by atoms with Gasteiger partial charge in [-0.2, -0.15) is 0 Å². The van der Waals surface area contributed by atoms with E-state index in [0.717, 1.165) is 11.1 Å². The molecule has 142 valence electrons. The lowest BCUT2D eigenvalue weighted by Crippen LogP contribution is -2.51. The average molecular weight is 389 g/mol. The van der Waals surface area contributed by atoms with Gasteiger partial charge in [0, 0.05) is 37.6 Å². The van der Waals surface area contributed by atoms with Crippen molar-refractivity contribution in [2.45, 2.75) is 19.3 Å². The van der Waals surface area contributed by atoms with Gasteiger partial charge in [0.2, 0.25) is 11.8 Å². The number of hydrogen-bond acceptors (Lipinski definition) is 2. The molecular formula is C21H22ClFN2O2. The molecule has 2 aromatic rings. The Kier molecular flexibility index (Phi) is 6.45. The topological polar surface area (TPSA) is 40.6 Å². The van der Waals surface area contributed by atoms with Crippen molar-refractivity contribution in [1.82, 2.24) is 9.80 Å². The maximum atomic E-state index is 13.2. The monoisotopic (exact) mass is 388 g/mol. The molecule has 0 bridgehead atoms. The number of halogens is 2. The zero-order valence-electron chi connectivity index (χ0n) is 15.0. The SMILES string of the molecule is O=C(CCc1cccc(F)c1)N1CCN(C(=O)Cc2ccc(Cl)cc2)CC1. The van der Waals surface area contributed by atoms with E-state index >= 15 is 0 Å². The van der Waals surface area contributed by atoms with Gasteiger partial charge in [-0.15, -0.1) is 0 Å². The molecule has 0 saturated carbocycles. The van der Waals surface area contributed by atoms with Crippen molar-refractivity contribution < 1.29 is 14.0 Å². The molecule has 2 amide bonds. The fourth-order valence-corrected chi connectivity index (χ4v) is 3.32. The predicted molar refractivity (Wildman–Crippen MR) is 103 cm³/mol.